The molecule has 1 amide bonds. The van der Waals surface area contributed by atoms with Gasteiger partial charge in [0.15, 0.2) is 0 Å². The van der Waals surface area contributed by atoms with Crippen LogP contribution in [0.3, 0.4) is 0 Å². The maximum absolute atomic E-state index is 11.9. The maximum Gasteiger partial charge on any atom is 0.236 e. The van der Waals surface area contributed by atoms with Gasteiger partial charge in [0.25, 0.3) is 0 Å². The minimum absolute atomic E-state index is 0.00175. The molecule has 0 radical (unpaired) electrons. The molecule has 0 aromatic rings. The van der Waals surface area contributed by atoms with Crippen molar-refractivity contribution >= 4 is 21.8 Å². The van der Waals surface area contributed by atoms with Gasteiger partial charge in [0, 0.05) is 13.1 Å². The molecule has 1 fully saturated rings. The van der Waals surface area contributed by atoms with E-state index < -0.39 is 0 Å². The van der Waals surface area contributed by atoms with Crippen molar-refractivity contribution in [1.82, 2.24) is 4.90 Å². The zero-order chi connectivity index (χ0) is 10.7. The molecule has 1 saturated heterocycles. The molecule has 2 nitrogen and oxygen atoms in total. The number of rotatable bonds is 3. The van der Waals surface area contributed by atoms with E-state index in [1.807, 2.05) is 4.90 Å². The normalized spacial score (nSPS) is 24.4. The second-order valence-corrected chi connectivity index (χ2v) is 5.48. The first-order valence-electron chi connectivity index (χ1n) is 5.49. The van der Waals surface area contributed by atoms with Gasteiger partial charge in [0.05, 0.1) is 4.83 Å². The summed E-state index contributed by atoms with van der Waals surface area (Å²) < 4.78 is 0. The van der Waals surface area contributed by atoms with Crippen molar-refractivity contribution in [2.24, 2.45) is 11.8 Å². The van der Waals surface area contributed by atoms with E-state index in [1.54, 1.807) is 0 Å². The highest BCUT2D eigenvalue weighted by Gasteiger charge is 2.29. The first-order chi connectivity index (χ1) is 6.56. The predicted octanol–water partition coefficient (Wildman–Crippen LogP) is 2.66. The Kier molecular flexibility index (Phi) is 4.42. The minimum atomic E-state index is -0.00175. The molecule has 0 bridgehead atoms. The van der Waals surface area contributed by atoms with E-state index in [-0.39, 0.29) is 10.7 Å². The molecule has 0 aliphatic carbocycles. The number of likely N-dealkylation sites (tertiary alicyclic amines) is 1. The molecule has 0 spiro atoms. The number of carbonyl (C=O) groups is 1. The Morgan fingerprint density at radius 2 is 2.21 bits per heavy atom. The summed E-state index contributed by atoms with van der Waals surface area (Å²) in [6.07, 6.45) is 2.37. The van der Waals surface area contributed by atoms with Gasteiger partial charge >= 0.3 is 0 Å². The number of carbonyl (C=O) groups excluding carboxylic acids is 1. The maximum atomic E-state index is 11.9. The molecule has 14 heavy (non-hydrogen) atoms. The molecule has 0 N–H and O–H groups in total. The molecule has 2 unspecified atom stereocenters. The molecule has 1 heterocycles. The summed E-state index contributed by atoms with van der Waals surface area (Å²) in [6, 6.07) is 0. The molecule has 0 saturated carbocycles. The largest absolute Gasteiger partial charge is 0.341 e. The second-order valence-electron chi connectivity index (χ2n) is 4.49. The lowest BCUT2D eigenvalue weighted by atomic mass is 10.1. The smallest absolute Gasteiger partial charge is 0.236 e. The van der Waals surface area contributed by atoms with Gasteiger partial charge in [-0.1, -0.05) is 43.1 Å². The molecule has 82 valence electrons. The number of halogens is 1. The predicted molar refractivity (Wildman–Crippen MR) is 62.5 cm³/mol. The summed E-state index contributed by atoms with van der Waals surface area (Å²) in [5, 5.41) is 0. The van der Waals surface area contributed by atoms with Crippen LogP contribution in [-0.4, -0.2) is 28.7 Å². The summed E-state index contributed by atoms with van der Waals surface area (Å²) in [5.74, 6) is 1.38. The van der Waals surface area contributed by atoms with E-state index in [0.29, 0.717) is 5.92 Å². The molecule has 0 aromatic heterocycles. The van der Waals surface area contributed by atoms with E-state index in [0.717, 1.165) is 19.0 Å². The van der Waals surface area contributed by atoms with Gasteiger partial charge in [-0.2, -0.15) is 0 Å². The molecule has 1 aliphatic rings. The van der Waals surface area contributed by atoms with Gasteiger partial charge in [-0.25, -0.2) is 0 Å². The summed E-state index contributed by atoms with van der Waals surface area (Å²) in [7, 11) is 0. The second kappa shape index (κ2) is 5.15. The van der Waals surface area contributed by atoms with E-state index in [4.69, 9.17) is 0 Å². The third-order valence-corrected chi connectivity index (χ3v) is 4.45. The monoisotopic (exact) mass is 261 g/mol. The zero-order valence-corrected chi connectivity index (χ0v) is 10.9. The Morgan fingerprint density at radius 1 is 1.57 bits per heavy atom. The SMILES string of the molecule is CCC1CCN(C(=O)C(Br)C(C)C)C1. The molecule has 1 aliphatic heterocycles. The van der Waals surface area contributed by atoms with Crippen molar-refractivity contribution < 1.29 is 4.79 Å². The molecular formula is C11H20BrNO. The van der Waals surface area contributed by atoms with Crippen LogP contribution in [0.2, 0.25) is 0 Å². The van der Waals surface area contributed by atoms with Gasteiger partial charge in [0.1, 0.15) is 0 Å². The van der Waals surface area contributed by atoms with Crippen molar-refractivity contribution in [2.75, 3.05) is 13.1 Å². The topological polar surface area (TPSA) is 20.3 Å². The number of nitrogens with zero attached hydrogens (tertiary/aromatic N) is 1. The average Bonchev–Trinajstić information content (AvgIpc) is 2.63. The lowest BCUT2D eigenvalue weighted by Gasteiger charge is -2.21. The number of alkyl halides is 1. The van der Waals surface area contributed by atoms with Crippen molar-refractivity contribution in [3.63, 3.8) is 0 Å². The third kappa shape index (κ3) is 2.72. The summed E-state index contributed by atoms with van der Waals surface area (Å²) in [5.41, 5.74) is 0. The van der Waals surface area contributed by atoms with Gasteiger partial charge in [-0.05, 0) is 18.3 Å². The molecule has 3 heteroatoms. The van der Waals surface area contributed by atoms with Crippen LogP contribution < -0.4 is 0 Å². The summed E-state index contributed by atoms with van der Waals surface area (Å²) >= 11 is 3.47. The van der Waals surface area contributed by atoms with E-state index in [9.17, 15) is 4.79 Å². The van der Waals surface area contributed by atoms with Crippen LogP contribution in [0.15, 0.2) is 0 Å². The first-order valence-corrected chi connectivity index (χ1v) is 6.40. The fraction of sp³-hybridized carbons (Fsp3) is 0.909. The van der Waals surface area contributed by atoms with E-state index >= 15 is 0 Å². The van der Waals surface area contributed by atoms with Crippen LogP contribution in [0.25, 0.3) is 0 Å². The Labute approximate surface area is 95.2 Å². The van der Waals surface area contributed by atoms with Crippen LogP contribution in [0.4, 0.5) is 0 Å². The highest BCUT2D eigenvalue weighted by atomic mass is 79.9. The standard InChI is InChI=1S/C11H20BrNO/c1-4-9-5-6-13(7-9)11(14)10(12)8(2)3/h8-10H,4-7H2,1-3H3. The summed E-state index contributed by atoms with van der Waals surface area (Å²) in [6.45, 7) is 8.26. The van der Waals surface area contributed by atoms with Crippen LogP contribution >= 0.6 is 15.9 Å². The van der Waals surface area contributed by atoms with E-state index in [2.05, 4.69) is 36.7 Å². The zero-order valence-electron chi connectivity index (χ0n) is 9.29. The Balaban J connectivity index is 2.47. The number of hydrogen-bond acceptors (Lipinski definition) is 1. The fourth-order valence-corrected chi connectivity index (χ4v) is 2.12. The van der Waals surface area contributed by atoms with Crippen LogP contribution in [-0.2, 0) is 4.79 Å². The molecular weight excluding hydrogens is 242 g/mol. The van der Waals surface area contributed by atoms with Gasteiger partial charge < -0.3 is 4.90 Å². The molecule has 2 atom stereocenters. The van der Waals surface area contributed by atoms with Crippen molar-refractivity contribution in [2.45, 2.75) is 38.4 Å². The highest BCUT2D eigenvalue weighted by molar-refractivity contribution is 9.10. The Morgan fingerprint density at radius 3 is 2.64 bits per heavy atom. The molecule has 1 rings (SSSR count). The lowest BCUT2D eigenvalue weighted by molar-refractivity contribution is -0.130. The van der Waals surface area contributed by atoms with E-state index in [1.165, 1.54) is 12.8 Å². The van der Waals surface area contributed by atoms with Crippen molar-refractivity contribution in [3.05, 3.63) is 0 Å². The van der Waals surface area contributed by atoms with Gasteiger partial charge in [-0.15, -0.1) is 0 Å². The highest BCUT2D eigenvalue weighted by Crippen LogP contribution is 2.23. The minimum Gasteiger partial charge on any atom is -0.341 e. The summed E-state index contributed by atoms with van der Waals surface area (Å²) in [4.78, 5) is 13.9. The number of amides is 1. The van der Waals surface area contributed by atoms with Crippen LogP contribution in [0.5, 0.6) is 0 Å². The van der Waals surface area contributed by atoms with Crippen LogP contribution in [0, 0.1) is 11.8 Å². The van der Waals surface area contributed by atoms with Crippen molar-refractivity contribution in [1.29, 1.82) is 0 Å². The van der Waals surface area contributed by atoms with Gasteiger partial charge in [-0.3, -0.25) is 4.79 Å². The Bertz CT molecular complexity index is 205. The third-order valence-electron chi connectivity index (χ3n) is 3.00. The number of hydrogen-bond donors (Lipinski definition) is 0. The fourth-order valence-electron chi connectivity index (χ4n) is 1.83. The van der Waals surface area contributed by atoms with Crippen molar-refractivity contribution in [3.8, 4) is 0 Å². The Hall–Kier alpha value is -0.0500. The van der Waals surface area contributed by atoms with Crippen LogP contribution in [0.1, 0.15) is 33.6 Å². The quantitative estimate of drug-likeness (QED) is 0.716. The van der Waals surface area contributed by atoms with Gasteiger partial charge in [0.2, 0.25) is 5.91 Å². The molecule has 0 aromatic carbocycles. The average molecular weight is 262 g/mol. The lowest BCUT2D eigenvalue weighted by Crippen LogP contribution is -2.37. The first kappa shape index (κ1) is 12.0.